The molecule has 4 saturated heterocycles. The minimum absolute atomic E-state index is 0.00622. The van der Waals surface area contributed by atoms with Gasteiger partial charge in [-0.15, -0.1) is 0 Å². The molecule has 4 aliphatic rings. The number of rotatable bonds is 31. The number of aliphatic hydroxyl groups is 1. The number of carboxylic acid groups (broad SMARTS) is 4. The van der Waals surface area contributed by atoms with Gasteiger partial charge in [-0.05, 0) is 69.4 Å². The van der Waals surface area contributed by atoms with Gasteiger partial charge in [-0.2, -0.15) is 24.9 Å². The van der Waals surface area contributed by atoms with Gasteiger partial charge < -0.3 is 136 Å². The number of aliphatic hydroxyl groups excluding tert-OH is 1. The Bertz CT molecular complexity index is 2340. The molecule has 0 aromatic heterocycles. The first kappa shape index (κ1) is 87.4. The summed E-state index contributed by atoms with van der Waals surface area (Å²) in [6, 6.07) is -4.43. The summed E-state index contributed by atoms with van der Waals surface area (Å²) >= 11 is 1.59. The lowest BCUT2D eigenvalue weighted by atomic mass is 9.78. The standard InChI is InChI=1S/C13H26BN3O5S.C12H21BF3N3O5.C12H24BN3O6.C11H22BN3O6.C2H6/c1-23-6-4-10(15)11(18)17-7-9(3-2-5-14(21)22)13(16,8-17)12(19)20;14-12(15,16)4-8(17)9(20)19-5-7(2-1-3-13(23)24)11(18,6-19)10(21)22;1-22-6-9(14)10(17)16-5-8(3-2-4-13(20)21)12(15,7-16)11(18)19;13-8(5-16)9(17)15-4-7(2-1-3-12(20)21)11(14,6-15)10(18)19;1-2/h9-10,21-22H,2-8,15-16H2,1H3,(H,19,20);7-8,23-24H,1-6,17-18H2,(H,21,22);8-9,20-21H,2-7,14-15H2,1H3,(H,18,19);7-8,16,20-21H,1-6,13-14H2,(H,18,19);1-2H3/t9-,10-,13-;7-,8?,11-;8-,9-,12-;7-,8-,11-;/m0000./s1. The lowest BCUT2D eigenvalue weighted by Crippen LogP contribution is -2.55. The van der Waals surface area contributed by atoms with Gasteiger partial charge in [0.2, 0.25) is 23.6 Å². The zero-order valence-electron chi connectivity index (χ0n) is 52.5. The molecule has 0 aromatic carbocycles. The van der Waals surface area contributed by atoms with Crippen LogP contribution in [0.15, 0.2) is 0 Å². The third-order valence-electron chi connectivity index (χ3n) is 16.3. The molecule has 4 rings (SSSR count). The second-order valence-electron chi connectivity index (χ2n) is 23.4. The topological polar surface area (TPSA) is 630 Å². The number of nitrogens with zero attached hydrogens (tertiary/aromatic N) is 4. The molecule has 29 N–H and O–H groups in total. The number of carboxylic acids is 4. The lowest BCUT2D eigenvalue weighted by Gasteiger charge is -2.25. The number of carbonyl (C=O) groups is 8. The van der Waals surface area contributed by atoms with E-state index in [4.69, 9.17) is 95.9 Å². The number of halogens is 3. The minimum atomic E-state index is -4.61. The molecule has 4 aliphatic heterocycles. The van der Waals surface area contributed by atoms with E-state index in [0.29, 0.717) is 44.9 Å². The summed E-state index contributed by atoms with van der Waals surface area (Å²) in [5.41, 5.74) is 39.6. The number of likely N-dealkylation sites (tertiary alicyclic amines) is 4. The van der Waals surface area contributed by atoms with Crippen molar-refractivity contribution in [3.8, 4) is 0 Å². The van der Waals surface area contributed by atoms with Gasteiger partial charge in [0.25, 0.3) is 0 Å². The first-order valence-electron chi connectivity index (χ1n) is 29.9. The summed E-state index contributed by atoms with van der Waals surface area (Å²) in [6.07, 6.45) is -0.529. The summed E-state index contributed by atoms with van der Waals surface area (Å²) in [7, 11) is -4.45. The van der Waals surface area contributed by atoms with Crippen LogP contribution in [0, 0.1) is 23.7 Å². The second kappa shape index (κ2) is 40.7. The van der Waals surface area contributed by atoms with Gasteiger partial charge in [0.05, 0.1) is 31.7 Å². The Hall–Kier alpha value is -4.56. The third kappa shape index (κ3) is 27.3. The summed E-state index contributed by atoms with van der Waals surface area (Å²) in [5, 5.41) is 117. The molecule has 4 heterocycles. The van der Waals surface area contributed by atoms with Crippen molar-refractivity contribution in [2.24, 2.45) is 69.5 Å². The van der Waals surface area contributed by atoms with Gasteiger partial charge in [0.15, 0.2) is 0 Å². The molecule has 0 spiro atoms. The van der Waals surface area contributed by atoms with Crippen molar-refractivity contribution in [3.63, 3.8) is 0 Å². The monoisotopic (exact) mass is 1350 g/mol. The molecule has 42 heteroatoms. The Kier molecular flexibility index (Phi) is 38.7. The van der Waals surface area contributed by atoms with Gasteiger partial charge in [0.1, 0.15) is 34.2 Å². The Labute approximate surface area is 537 Å². The number of ether oxygens (including phenoxy) is 1. The van der Waals surface area contributed by atoms with Crippen molar-refractivity contribution in [1.29, 1.82) is 0 Å². The normalized spacial score (nSPS) is 25.4. The second-order valence-corrected chi connectivity index (χ2v) is 24.3. The zero-order valence-corrected chi connectivity index (χ0v) is 53.4. The summed E-state index contributed by atoms with van der Waals surface area (Å²) in [4.78, 5) is 99.3. The molecule has 34 nitrogen and oxygen atoms in total. The molecule has 0 saturated carbocycles. The number of carbonyl (C=O) groups excluding carboxylic acids is 4. The third-order valence-corrected chi connectivity index (χ3v) is 16.9. The molecule has 0 aromatic rings. The number of hydrogen-bond acceptors (Lipinski definition) is 27. The van der Waals surface area contributed by atoms with Crippen LogP contribution in [-0.4, -0.2) is 298 Å². The fourth-order valence-electron chi connectivity index (χ4n) is 10.9. The highest BCUT2D eigenvalue weighted by Crippen LogP contribution is 2.35. The molecular formula is C50H99B4F3N12O22S. The van der Waals surface area contributed by atoms with E-state index in [1.54, 1.807) is 11.8 Å². The molecule has 0 radical (unpaired) electrons. The van der Waals surface area contributed by atoms with Gasteiger partial charge in [-0.25, -0.2) is 0 Å². The molecule has 4 amide bonds. The van der Waals surface area contributed by atoms with Crippen LogP contribution in [0.1, 0.15) is 78.1 Å². The van der Waals surface area contributed by atoms with E-state index < -0.39 is 166 Å². The van der Waals surface area contributed by atoms with E-state index >= 15 is 0 Å². The molecular weight excluding hydrogens is 1250 g/mol. The number of alkyl halides is 3. The van der Waals surface area contributed by atoms with Crippen LogP contribution >= 0.6 is 11.8 Å². The van der Waals surface area contributed by atoms with Crippen molar-refractivity contribution in [1.82, 2.24) is 19.6 Å². The largest absolute Gasteiger partial charge is 0.480 e. The Morgan fingerprint density at radius 3 is 0.967 bits per heavy atom. The van der Waals surface area contributed by atoms with Gasteiger partial charge in [0, 0.05) is 83.1 Å². The first-order valence-corrected chi connectivity index (χ1v) is 31.3. The molecule has 1 unspecified atom stereocenters. The average Bonchev–Trinajstić information content (AvgIpc) is 1.67. The fourth-order valence-corrected chi connectivity index (χ4v) is 11.4. The number of nitrogens with two attached hydrogens (primary N) is 8. The van der Waals surface area contributed by atoms with Crippen molar-refractivity contribution in [3.05, 3.63) is 0 Å². The predicted octanol–water partition coefficient (Wildman–Crippen LogP) is -7.40. The maximum atomic E-state index is 12.4. The van der Waals surface area contributed by atoms with Crippen LogP contribution in [0.4, 0.5) is 13.2 Å². The van der Waals surface area contributed by atoms with E-state index in [-0.39, 0.29) is 96.4 Å². The predicted molar refractivity (Wildman–Crippen MR) is 331 cm³/mol. The maximum Gasteiger partial charge on any atom is 0.451 e. The maximum absolute atomic E-state index is 12.4. The highest BCUT2D eigenvalue weighted by atomic mass is 32.2. The highest BCUT2D eigenvalue weighted by molar-refractivity contribution is 7.98. The van der Waals surface area contributed by atoms with Crippen molar-refractivity contribution in [2.75, 3.05) is 84.7 Å². The quantitative estimate of drug-likeness (QED) is 0.0287. The number of amides is 4. The van der Waals surface area contributed by atoms with E-state index in [1.165, 1.54) is 21.8 Å². The number of aliphatic carboxylic acids is 4. The molecule has 12 atom stereocenters. The highest BCUT2D eigenvalue weighted by Gasteiger charge is 2.55. The lowest BCUT2D eigenvalue weighted by molar-refractivity contribution is -0.152. The van der Waals surface area contributed by atoms with Crippen LogP contribution in [-0.2, 0) is 43.1 Å². The van der Waals surface area contributed by atoms with Crippen LogP contribution in [0.3, 0.4) is 0 Å². The molecule has 530 valence electrons. The van der Waals surface area contributed by atoms with Crippen LogP contribution in [0.2, 0.25) is 25.3 Å². The zero-order chi connectivity index (χ0) is 71.4. The average molecular weight is 1350 g/mol. The van der Waals surface area contributed by atoms with E-state index in [2.05, 4.69) is 0 Å². The van der Waals surface area contributed by atoms with E-state index in [9.17, 15) is 72.0 Å². The number of hydrogen-bond donors (Lipinski definition) is 21. The van der Waals surface area contributed by atoms with Gasteiger partial charge >= 0.3 is 58.5 Å². The Morgan fingerprint density at radius 1 is 0.500 bits per heavy atom. The van der Waals surface area contributed by atoms with Crippen LogP contribution < -0.4 is 45.9 Å². The van der Waals surface area contributed by atoms with Gasteiger partial charge in [-0.1, -0.05) is 39.5 Å². The van der Waals surface area contributed by atoms with E-state index in [1.807, 2.05) is 20.1 Å². The summed E-state index contributed by atoms with van der Waals surface area (Å²) < 4.78 is 41.8. The SMILES string of the molecule is CC.COC[C@H](N)C(=O)N1C[C@H](CCCB(O)O)[C@](N)(C(=O)O)C1.CSCC[C@H](N)C(=O)N1C[C@H](CCCB(O)O)[C@](N)(C(=O)O)C1.NC(CC(F)(F)F)C(=O)N1C[C@H](CCCB(O)O)[C@](N)(C(=O)O)C1.N[C@@H](CO)C(=O)N1C[C@H](CCCB(O)O)[C@](N)(C(=O)O)C1. The first-order chi connectivity index (χ1) is 42.5. The van der Waals surface area contributed by atoms with Crippen molar-refractivity contribution in [2.45, 2.75) is 156 Å². The minimum Gasteiger partial charge on any atom is -0.480 e. The van der Waals surface area contributed by atoms with Crippen molar-refractivity contribution >= 4 is 87.7 Å². The van der Waals surface area contributed by atoms with Crippen LogP contribution in [0.5, 0.6) is 0 Å². The van der Waals surface area contributed by atoms with Crippen LogP contribution in [0.25, 0.3) is 0 Å². The molecule has 0 aliphatic carbocycles. The fraction of sp³-hybridized carbons (Fsp3) is 0.840. The summed E-state index contributed by atoms with van der Waals surface area (Å²) in [5.74, 6) is -8.55. The molecule has 0 bridgehead atoms. The Balaban J connectivity index is 0.00000119. The Morgan fingerprint density at radius 2 is 0.750 bits per heavy atom. The van der Waals surface area contributed by atoms with E-state index in [0.717, 1.165) is 10.7 Å². The number of thioether (sulfide) groups is 1. The molecule has 92 heavy (non-hydrogen) atoms. The van der Waals surface area contributed by atoms with Gasteiger partial charge in [-0.3, -0.25) is 38.4 Å². The number of methoxy groups -OCH3 is 1. The summed E-state index contributed by atoms with van der Waals surface area (Å²) in [6.45, 7) is 3.09. The smallest absolute Gasteiger partial charge is 0.451 e. The van der Waals surface area contributed by atoms with Crippen molar-refractivity contribution < 1.29 is 122 Å². The molecule has 4 fully saturated rings.